The van der Waals surface area contributed by atoms with Crippen molar-refractivity contribution in [2.45, 2.75) is 18.4 Å². The fraction of sp³-hybridized carbons (Fsp3) is 0.833. The molecule has 3 unspecified atom stereocenters. The molecule has 4 nitrogen and oxygen atoms in total. The van der Waals surface area contributed by atoms with Gasteiger partial charge in [0.1, 0.15) is 5.54 Å². The van der Waals surface area contributed by atoms with Gasteiger partial charge in [-0.05, 0) is 25.9 Å². The van der Waals surface area contributed by atoms with Crippen LogP contribution in [0.2, 0.25) is 0 Å². The Morgan fingerprint density at radius 2 is 2.15 bits per heavy atom. The number of hydrogen-bond acceptors (Lipinski definition) is 4. The highest BCUT2D eigenvalue weighted by atomic mass is 32.0. The van der Waals surface area contributed by atoms with Crippen molar-refractivity contribution in [1.82, 2.24) is 10.4 Å². The third-order valence-corrected chi connectivity index (χ3v) is 3.49. The molecule has 0 saturated carbocycles. The molecule has 0 aromatic carbocycles. The predicted molar refractivity (Wildman–Crippen MR) is 61.8 cm³/mol. The molecule has 0 amide bonds. The third-order valence-electron chi connectivity index (χ3n) is 2.28. The first kappa shape index (κ1) is 11.8. The van der Waals surface area contributed by atoms with Crippen LogP contribution in [0.1, 0.15) is 12.8 Å². The average molecular weight is 240 g/mol. The molecule has 0 radical (unpaired) electrons. The number of carbonyl (C=O) groups excluding carboxylic acids is 1. The Hall–Kier alpha value is 0.680. The van der Waals surface area contributed by atoms with Crippen LogP contribution in [0.25, 0.3) is 0 Å². The first-order valence-corrected chi connectivity index (χ1v) is 7.40. The normalized spacial score (nSPS) is 22.0. The lowest BCUT2D eigenvalue weighted by molar-refractivity contribution is -0.141. The summed E-state index contributed by atoms with van der Waals surface area (Å²) in [5.41, 5.74) is -0.487. The molecule has 0 aromatic heterocycles. The second-order valence-electron chi connectivity index (χ2n) is 2.98. The lowest BCUT2D eigenvalue weighted by Gasteiger charge is -2.34. The van der Waals surface area contributed by atoms with E-state index in [2.05, 4.69) is 28.7 Å². The first-order chi connectivity index (χ1) is 6.25. The van der Waals surface area contributed by atoms with Crippen LogP contribution in [-0.4, -0.2) is 24.6 Å². The van der Waals surface area contributed by atoms with Gasteiger partial charge in [-0.1, -0.05) is 18.3 Å². The van der Waals surface area contributed by atoms with E-state index in [1.165, 1.54) is 0 Å². The van der Waals surface area contributed by atoms with E-state index in [4.69, 9.17) is 4.52 Å². The summed E-state index contributed by atoms with van der Waals surface area (Å²) < 4.78 is 5.02. The summed E-state index contributed by atoms with van der Waals surface area (Å²) >= 11 is 0. The Bertz CT molecular complexity index is 185. The average Bonchev–Trinajstić information content (AvgIpc) is 2.19. The van der Waals surface area contributed by atoms with Crippen molar-refractivity contribution in [2.24, 2.45) is 0 Å². The number of piperidine rings is 1. The number of rotatable bonds is 3. The Morgan fingerprint density at radius 1 is 1.54 bits per heavy atom. The highest BCUT2D eigenvalue weighted by Crippen LogP contribution is 2.28. The zero-order valence-corrected chi connectivity index (χ0v) is 10.6. The van der Waals surface area contributed by atoms with Crippen molar-refractivity contribution in [3.63, 3.8) is 0 Å². The molecule has 1 fully saturated rings. The Balaban J connectivity index is 2.61. The zero-order valence-electron chi connectivity index (χ0n) is 7.30. The van der Waals surface area contributed by atoms with Gasteiger partial charge in [0.25, 0.3) is 0 Å². The molecule has 1 aliphatic rings. The van der Waals surface area contributed by atoms with Crippen LogP contribution in [0, 0.1) is 0 Å². The fourth-order valence-corrected chi connectivity index (χ4v) is 2.44. The molecule has 3 atom stereocenters. The van der Waals surface area contributed by atoms with Gasteiger partial charge in [0.2, 0.25) is 0 Å². The molecule has 0 aliphatic carbocycles. The minimum absolute atomic E-state index is 0.141. The summed E-state index contributed by atoms with van der Waals surface area (Å²) in [5.74, 6) is -0.141. The van der Waals surface area contributed by atoms with Gasteiger partial charge in [-0.25, -0.2) is 4.79 Å². The lowest BCUT2D eigenvalue weighted by Crippen LogP contribution is -2.54. The molecule has 1 saturated heterocycles. The van der Waals surface area contributed by atoms with Crippen molar-refractivity contribution in [2.75, 3.05) is 13.1 Å². The quantitative estimate of drug-likeness (QED) is 0.702. The van der Waals surface area contributed by atoms with Crippen LogP contribution < -0.4 is 10.4 Å². The van der Waals surface area contributed by atoms with Gasteiger partial charge in [0.05, 0.1) is 8.50 Å². The SMILES string of the molecule is O=C(OPP)C1(NP)CCNCC1. The van der Waals surface area contributed by atoms with Crippen LogP contribution in [0.5, 0.6) is 0 Å². The standard InChI is InChI=1S/C6H15N2O2P3/c9-5(10-13-12)6(8-11)1-3-7-4-2-6/h7-8,13H,1-4,11-12H2. The van der Waals surface area contributed by atoms with Crippen LogP contribution in [-0.2, 0) is 9.32 Å². The Kier molecular flexibility index (Phi) is 5.00. The summed E-state index contributed by atoms with van der Waals surface area (Å²) in [7, 11) is 4.97. The van der Waals surface area contributed by atoms with Crippen LogP contribution in [0.4, 0.5) is 0 Å². The maximum absolute atomic E-state index is 11.6. The Labute approximate surface area is 84.5 Å². The molecule has 0 bridgehead atoms. The lowest BCUT2D eigenvalue weighted by atomic mass is 9.90. The minimum atomic E-state index is -0.487. The monoisotopic (exact) mass is 240 g/mol. The maximum Gasteiger partial charge on any atom is 0.329 e. The van der Waals surface area contributed by atoms with Crippen molar-refractivity contribution in [3.05, 3.63) is 0 Å². The van der Waals surface area contributed by atoms with Crippen molar-refractivity contribution < 1.29 is 9.32 Å². The molecule has 1 rings (SSSR count). The summed E-state index contributed by atoms with van der Waals surface area (Å²) in [6.07, 6.45) is 1.56. The highest BCUT2D eigenvalue weighted by Gasteiger charge is 2.39. The molecule has 1 aliphatic heterocycles. The van der Waals surface area contributed by atoms with Gasteiger partial charge in [-0.2, -0.15) is 0 Å². The second kappa shape index (κ2) is 5.53. The van der Waals surface area contributed by atoms with Gasteiger partial charge in [0.15, 0.2) is 0 Å². The van der Waals surface area contributed by atoms with Crippen LogP contribution in [0.3, 0.4) is 0 Å². The van der Waals surface area contributed by atoms with E-state index in [9.17, 15) is 4.79 Å². The van der Waals surface area contributed by atoms with Gasteiger partial charge in [0, 0.05) is 0 Å². The van der Waals surface area contributed by atoms with E-state index in [1.807, 2.05) is 0 Å². The van der Waals surface area contributed by atoms with E-state index in [0.717, 1.165) is 25.9 Å². The summed E-state index contributed by atoms with van der Waals surface area (Å²) in [6.45, 7) is 1.72. The molecule has 2 N–H and O–H groups in total. The van der Waals surface area contributed by atoms with E-state index < -0.39 is 5.54 Å². The molecule has 0 aromatic rings. The van der Waals surface area contributed by atoms with Crippen molar-refractivity contribution in [1.29, 1.82) is 0 Å². The third kappa shape index (κ3) is 2.81. The van der Waals surface area contributed by atoms with E-state index >= 15 is 0 Å². The second-order valence-corrected chi connectivity index (χ2v) is 4.42. The number of hydrogen-bond donors (Lipinski definition) is 2. The first-order valence-electron chi connectivity index (χ1n) is 4.10. The minimum Gasteiger partial charge on any atom is -0.443 e. The van der Waals surface area contributed by atoms with E-state index in [1.54, 1.807) is 0 Å². The van der Waals surface area contributed by atoms with E-state index in [0.29, 0.717) is 0 Å². The molecule has 7 heteroatoms. The predicted octanol–water partition coefficient (Wildman–Crippen LogP) is 0.415. The fourth-order valence-electron chi connectivity index (χ4n) is 1.41. The molecule has 0 spiro atoms. The maximum atomic E-state index is 11.6. The van der Waals surface area contributed by atoms with Crippen LogP contribution in [0.15, 0.2) is 0 Å². The summed E-state index contributed by atoms with van der Waals surface area (Å²) in [4.78, 5) is 11.6. The van der Waals surface area contributed by atoms with Gasteiger partial charge >= 0.3 is 5.97 Å². The summed E-state index contributed by atoms with van der Waals surface area (Å²) in [6, 6.07) is 0. The number of carbonyl (C=O) groups is 1. The molecular formula is C6H15N2O2P3. The van der Waals surface area contributed by atoms with Gasteiger partial charge in [-0.15, -0.1) is 0 Å². The smallest absolute Gasteiger partial charge is 0.329 e. The Morgan fingerprint density at radius 3 is 2.62 bits per heavy atom. The zero-order chi connectivity index (χ0) is 9.73. The summed E-state index contributed by atoms with van der Waals surface area (Å²) in [5, 5.41) is 6.21. The largest absolute Gasteiger partial charge is 0.443 e. The van der Waals surface area contributed by atoms with Gasteiger partial charge < -0.3 is 9.84 Å². The number of nitrogens with one attached hydrogen (secondary N) is 2. The topological polar surface area (TPSA) is 50.4 Å². The molecular weight excluding hydrogens is 225 g/mol. The van der Waals surface area contributed by atoms with E-state index in [-0.39, 0.29) is 14.5 Å². The molecule has 1 heterocycles. The highest BCUT2D eigenvalue weighted by molar-refractivity contribution is 8.00. The van der Waals surface area contributed by atoms with Gasteiger partial charge in [-0.3, -0.25) is 5.09 Å². The van der Waals surface area contributed by atoms with Crippen molar-refractivity contribution in [3.8, 4) is 0 Å². The van der Waals surface area contributed by atoms with Crippen LogP contribution >= 0.6 is 26.8 Å². The van der Waals surface area contributed by atoms with Crippen molar-refractivity contribution >= 4 is 32.8 Å². The molecule has 13 heavy (non-hydrogen) atoms. The molecule has 76 valence electrons.